The van der Waals surface area contributed by atoms with Crippen LogP contribution in [0.25, 0.3) is 0 Å². The molecular formula is C9H15F3N2O3. The van der Waals surface area contributed by atoms with Gasteiger partial charge in [0.1, 0.15) is 5.92 Å². The van der Waals surface area contributed by atoms with E-state index in [-0.39, 0.29) is 12.7 Å². The summed E-state index contributed by atoms with van der Waals surface area (Å²) in [6.45, 7) is 0.0293. The molecule has 0 spiro atoms. The average molecular weight is 256 g/mol. The van der Waals surface area contributed by atoms with Crippen molar-refractivity contribution >= 4 is 5.84 Å². The highest BCUT2D eigenvalue weighted by molar-refractivity contribution is 5.83. The zero-order valence-electron chi connectivity index (χ0n) is 9.11. The van der Waals surface area contributed by atoms with Crippen LogP contribution in [0.4, 0.5) is 13.2 Å². The third-order valence-corrected chi connectivity index (χ3v) is 2.48. The lowest BCUT2D eigenvalue weighted by molar-refractivity contribution is -0.170. The number of rotatable bonds is 5. The highest BCUT2D eigenvalue weighted by atomic mass is 19.4. The summed E-state index contributed by atoms with van der Waals surface area (Å²) < 4.78 is 47.5. The Morgan fingerprint density at radius 3 is 2.76 bits per heavy atom. The summed E-state index contributed by atoms with van der Waals surface area (Å²) in [5, 5.41) is 10.6. The smallest absolute Gasteiger partial charge is 0.401 e. The van der Waals surface area contributed by atoms with E-state index in [1.165, 1.54) is 0 Å². The number of halogens is 3. The van der Waals surface area contributed by atoms with Crippen LogP contribution in [-0.4, -0.2) is 43.1 Å². The minimum Gasteiger partial charge on any atom is -0.409 e. The minimum atomic E-state index is -4.59. The fourth-order valence-corrected chi connectivity index (χ4v) is 1.51. The van der Waals surface area contributed by atoms with Crippen molar-refractivity contribution in [3.63, 3.8) is 0 Å². The summed E-state index contributed by atoms with van der Waals surface area (Å²) in [6.07, 6.45) is -3.08. The van der Waals surface area contributed by atoms with Crippen LogP contribution in [0.15, 0.2) is 5.16 Å². The van der Waals surface area contributed by atoms with Gasteiger partial charge in [-0.3, -0.25) is 0 Å². The molecule has 3 N–H and O–H groups in total. The Bertz CT molecular complexity index is 265. The largest absolute Gasteiger partial charge is 0.409 e. The summed E-state index contributed by atoms with van der Waals surface area (Å²) in [4.78, 5) is 0. The molecule has 1 rings (SSSR count). The maximum atomic E-state index is 12.5. The number of alkyl halides is 3. The number of oxime groups is 1. The summed E-state index contributed by atoms with van der Waals surface area (Å²) in [5.74, 6) is -2.99. The fraction of sp³-hybridized carbons (Fsp3) is 0.889. The first-order valence-electron chi connectivity index (χ1n) is 5.18. The molecule has 0 aliphatic carbocycles. The molecule has 1 fully saturated rings. The van der Waals surface area contributed by atoms with Gasteiger partial charge in [-0.2, -0.15) is 13.2 Å². The Balaban J connectivity index is 2.38. The van der Waals surface area contributed by atoms with Gasteiger partial charge in [-0.25, -0.2) is 0 Å². The zero-order chi connectivity index (χ0) is 12.9. The predicted octanol–water partition coefficient (Wildman–Crippen LogP) is 1.11. The van der Waals surface area contributed by atoms with Crippen LogP contribution < -0.4 is 5.73 Å². The van der Waals surface area contributed by atoms with Crippen molar-refractivity contribution in [3.05, 3.63) is 0 Å². The second kappa shape index (κ2) is 6.06. The average Bonchev–Trinajstić information content (AvgIpc) is 2.74. The first kappa shape index (κ1) is 14.0. The molecule has 0 saturated carbocycles. The van der Waals surface area contributed by atoms with Gasteiger partial charge in [0, 0.05) is 6.61 Å². The SMILES string of the molecule is NC(=NO)C(COCC1CCCO1)C(F)(F)F. The molecule has 17 heavy (non-hydrogen) atoms. The number of nitrogens with two attached hydrogens (primary N) is 1. The number of hydrogen-bond donors (Lipinski definition) is 2. The van der Waals surface area contributed by atoms with Gasteiger partial charge >= 0.3 is 6.18 Å². The summed E-state index contributed by atoms with van der Waals surface area (Å²) in [7, 11) is 0. The van der Waals surface area contributed by atoms with Crippen molar-refractivity contribution in [2.45, 2.75) is 25.1 Å². The molecule has 0 amide bonds. The van der Waals surface area contributed by atoms with Gasteiger partial charge in [0.15, 0.2) is 5.84 Å². The van der Waals surface area contributed by atoms with Gasteiger partial charge in [-0.15, -0.1) is 0 Å². The van der Waals surface area contributed by atoms with Crippen molar-refractivity contribution in [2.75, 3.05) is 19.8 Å². The first-order chi connectivity index (χ1) is 7.95. The van der Waals surface area contributed by atoms with Gasteiger partial charge in [-0.1, -0.05) is 5.16 Å². The van der Waals surface area contributed by atoms with Crippen molar-refractivity contribution in [3.8, 4) is 0 Å². The van der Waals surface area contributed by atoms with Crippen LogP contribution in [0.5, 0.6) is 0 Å². The zero-order valence-corrected chi connectivity index (χ0v) is 9.11. The van der Waals surface area contributed by atoms with Crippen LogP contribution in [0.3, 0.4) is 0 Å². The maximum absolute atomic E-state index is 12.5. The van der Waals surface area contributed by atoms with E-state index in [4.69, 9.17) is 20.4 Å². The summed E-state index contributed by atoms with van der Waals surface area (Å²) in [5.41, 5.74) is 4.97. The van der Waals surface area contributed by atoms with Crippen LogP contribution in [-0.2, 0) is 9.47 Å². The number of amidine groups is 1. The Hall–Kier alpha value is -1.02. The molecular weight excluding hydrogens is 241 g/mol. The lowest BCUT2D eigenvalue weighted by atomic mass is 10.1. The third-order valence-electron chi connectivity index (χ3n) is 2.48. The Labute approximate surface area is 96.4 Å². The number of hydrogen-bond acceptors (Lipinski definition) is 4. The van der Waals surface area contributed by atoms with E-state index in [0.717, 1.165) is 12.8 Å². The minimum absolute atomic E-state index is 0.0886. The van der Waals surface area contributed by atoms with E-state index < -0.39 is 24.5 Å². The second-order valence-corrected chi connectivity index (χ2v) is 3.79. The highest BCUT2D eigenvalue weighted by Crippen LogP contribution is 2.27. The van der Waals surface area contributed by atoms with Crippen molar-refractivity contribution in [1.82, 2.24) is 0 Å². The molecule has 5 nitrogen and oxygen atoms in total. The standard InChI is InChI=1S/C9H15F3N2O3/c10-9(11,12)7(8(13)14-15)5-16-4-6-2-1-3-17-6/h6-7,15H,1-5H2,(H2,13,14). The molecule has 1 aliphatic heterocycles. The molecule has 0 aromatic rings. The maximum Gasteiger partial charge on any atom is 0.401 e. The molecule has 1 aliphatic rings. The van der Waals surface area contributed by atoms with E-state index in [1.54, 1.807) is 0 Å². The van der Waals surface area contributed by atoms with E-state index in [1.807, 2.05) is 0 Å². The van der Waals surface area contributed by atoms with Crippen molar-refractivity contribution < 1.29 is 27.9 Å². The van der Waals surface area contributed by atoms with E-state index in [0.29, 0.717) is 6.61 Å². The third kappa shape index (κ3) is 4.39. The number of nitrogens with zero attached hydrogens (tertiary/aromatic N) is 1. The van der Waals surface area contributed by atoms with Gasteiger partial charge in [0.05, 0.1) is 19.3 Å². The van der Waals surface area contributed by atoms with Crippen molar-refractivity contribution in [2.24, 2.45) is 16.8 Å². The molecule has 8 heteroatoms. The molecule has 100 valence electrons. The van der Waals surface area contributed by atoms with Gasteiger partial charge < -0.3 is 20.4 Å². The quantitative estimate of drug-likeness (QED) is 0.334. The highest BCUT2D eigenvalue weighted by Gasteiger charge is 2.43. The second-order valence-electron chi connectivity index (χ2n) is 3.79. The van der Waals surface area contributed by atoms with Gasteiger partial charge in [0.2, 0.25) is 0 Å². The molecule has 2 unspecified atom stereocenters. The Morgan fingerprint density at radius 2 is 2.29 bits per heavy atom. The molecule has 1 saturated heterocycles. The molecule has 1 heterocycles. The van der Waals surface area contributed by atoms with Gasteiger partial charge in [0.25, 0.3) is 0 Å². The topological polar surface area (TPSA) is 77.1 Å². The van der Waals surface area contributed by atoms with E-state index >= 15 is 0 Å². The monoisotopic (exact) mass is 256 g/mol. The molecule has 0 aromatic heterocycles. The fourth-order valence-electron chi connectivity index (χ4n) is 1.51. The van der Waals surface area contributed by atoms with Crippen LogP contribution in [0, 0.1) is 5.92 Å². The predicted molar refractivity (Wildman–Crippen MR) is 52.7 cm³/mol. The molecule has 0 bridgehead atoms. The normalized spacial score (nSPS) is 23.9. The van der Waals surface area contributed by atoms with Crippen molar-refractivity contribution in [1.29, 1.82) is 0 Å². The lowest BCUT2D eigenvalue weighted by Crippen LogP contribution is -2.39. The van der Waals surface area contributed by atoms with E-state index in [2.05, 4.69) is 5.16 Å². The summed E-state index contributed by atoms with van der Waals surface area (Å²) in [6, 6.07) is 0. The van der Waals surface area contributed by atoms with Crippen LogP contribution in [0.2, 0.25) is 0 Å². The Morgan fingerprint density at radius 1 is 1.59 bits per heavy atom. The van der Waals surface area contributed by atoms with Gasteiger partial charge in [-0.05, 0) is 12.8 Å². The first-order valence-corrected chi connectivity index (χ1v) is 5.18. The van der Waals surface area contributed by atoms with Crippen LogP contribution in [0.1, 0.15) is 12.8 Å². The lowest BCUT2D eigenvalue weighted by Gasteiger charge is -2.19. The molecule has 0 radical (unpaired) electrons. The molecule has 0 aromatic carbocycles. The van der Waals surface area contributed by atoms with Crippen LogP contribution >= 0.6 is 0 Å². The summed E-state index contributed by atoms with van der Waals surface area (Å²) >= 11 is 0. The molecule has 2 atom stereocenters. The van der Waals surface area contributed by atoms with E-state index in [9.17, 15) is 13.2 Å². The number of ether oxygens (including phenoxy) is 2. The Kier molecular flexibility index (Phi) is 5.01.